The monoisotopic (exact) mass is 348 g/mol. The zero-order valence-electron chi connectivity index (χ0n) is 12.1. The van der Waals surface area contributed by atoms with Crippen LogP contribution in [-0.4, -0.2) is 24.1 Å². The molecule has 1 N–H and O–H groups in total. The summed E-state index contributed by atoms with van der Waals surface area (Å²) in [5.74, 6) is -1.13. The fraction of sp³-hybridized carbons (Fsp3) is 0.125. The van der Waals surface area contributed by atoms with Gasteiger partial charge in [-0.05, 0) is 12.1 Å². The van der Waals surface area contributed by atoms with Gasteiger partial charge in [-0.3, -0.25) is 10.1 Å². The Hall–Kier alpha value is -2.74. The van der Waals surface area contributed by atoms with Gasteiger partial charge in [-0.2, -0.15) is 0 Å². The molecule has 0 unspecified atom stereocenters. The number of amides is 1. The van der Waals surface area contributed by atoms with E-state index in [1.807, 2.05) is 0 Å². The maximum absolute atomic E-state index is 13.7. The molecule has 2 aromatic carbocycles. The van der Waals surface area contributed by atoms with Gasteiger partial charge in [0.25, 0.3) is 5.91 Å². The smallest absolute Gasteiger partial charge is 0.260 e. The number of ether oxygens (including phenoxy) is 2. The number of fused-ring (bicyclic) bond motifs is 2. The molecule has 2 heterocycles. The number of hydrogen-bond donors (Lipinski definition) is 1. The Morgan fingerprint density at radius 1 is 1.12 bits per heavy atom. The Kier molecular flexibility index (Phi) is 3.53. The second-order valence-electron chi connectivity index (χ2n) is 5.06. The number of anilines is 1. The SMILES string of the molecule is O=C(Nc1nc2cc3c(cc2s1)OCCO3)c1ccc(F)cc1F. The van der Waals surface area contributed by atoms with Crippen LogP contribution in [0.15, 0.2) is 30.3 Å². The lowest BCUT2D eigenvalue weighted by Crippen LogP contribution is -2.15. The van der Waals surface area contributed by atoms with Gasteiger partial charge in [-0.25, -0.2) is 13.8 Å². The summed E-state index contributed by atoms with van der Waals surface area (Å²) in [5, 5.41) is 2.83. The summed E-state index contributed by atoms with van der Waals surface area (Å²) >= 11 is 1.23. The first-order valence-corrected chi connectivity index (χ1v) is 7.88. The predicted molar refractivity (Wildman–Crippen MR) is 84.9 cm³/mol. The van der Waals surface area contributed by atoms with Crippen LogP contribution in [0, 0.1) is 11.6 Å². The standard InChI is InChI=1S/C16H10F2N2O3S/c17-8-1-2-9(10(18)5-8)15(21)20-16-19-11-6-12-13(7-14(11)24-16)23-4-3-22-12/h1-2,5-7H,3-4H2,(H,19,20,21). The van der Waals surface area contributed by atoms with Crippen LogP contribution < -0.4 is 14.8 Å². The highest BCUT2D eigenvalue weighted by molar-refractivity contribution is 7.22. The molecule has 0 atom stereocenters. The van der Waals surface area contributed by atoms with Gasteiger partial charge in [-0.1, -0.05) is 11.3 Å². The Morgan fingerprint density at radius 3 is 2.62 bits per heavy atom. The molecule has 0 saturated carbocycles. The van der Waals surface area contributed by atoms with E-state index in [1.54, 1.807) is 12.1 Å². The van der Waals surface area contributed by atoms with Gasteiger partial charge in [0.2, 0.25) is 0 Å². The molecule has 3 aromatic rings. The van der Waals surface area contributed by atoms with E-state index < -0.39 is 17.5 Å². The van der Waals surface area contributed by atoms with Crippen LogP contribution in [0.4, 0.5) is 13.9 Å². The summed E-state index contributed by atoms with van der Waals surface area (Å²) in [6.45, 7) is 0.945. The van der Waals surface area contributed by atoms with Crippen LogP contribution in [-0.2, 0) is 0 Å². The Labute approximate surface area is 138 Å². The van der Waals surface area contributed by atoms with Crippen molar-refractivity contribution in [1.29, 1.82) is 0 Å². The maximum atomic E-state index is 13.7. The number of aromatic nitrogens is 1. The van der Waals surface area contributed by atoms with Gasteiger partial charge in [-0.15, -0.1) is 0 Å². The molecule has 4 rings (SSSR count). The van der Waals surface area contributed by atoms with E-state index in [0.29, 0.717) is 41.4 Å². The zero-order chi connectivity index (χ0) is 16.7. The van der Waals surface area contributed by atoms with Crippen LogP contribution >= 0.6 is 11.3 Å². The van der Waals surface area contributed by atoms with Crippen molar-refractivity contribution in [3.63, 3.8) is 0 Å². The molecule has 122 valence electrons. The molecule has 1 aromatic heterocycles. The summed E-state index contributed by atoms with van der Waals surface area (Å²) in [7, 11) is 0. The summed E-state index contributed by atoms with van der Waals surface area (Å²) in [4.78, 5) is 16.4. The lowest BCUT2D eigenvalue weighted by molar-refractivity contribution is 0.102. The highest BCUT2D eigenvalue weighted by Gasteiger charge is 2.17. The van der Waals surface area contributed by atoms with Crippen molar-refractivity contribution in [2.24, 2.45) is 0 Å². The highest BCUT2D eigenvalue weighted by atomic mass is 32.1. The van der Waals surface area contributed by atoms with Crippen LogP contribution in [0.1, 0.15) is 10.4 Å². The number of nitrogens with one attached hydrogen (secondary N) is 1. The second-order valence-corrected chi connectivity index (χ2v) is 6.09. The lowest BCUT2D eigenvalue weighted by Gasteiger charge is -2.17. The van der Waals surface area contributed by atoms with Gasteiger partial charge >= 0.3 is 0 Å². The molecule has 1 aliphatic rings. The van der Waals surface area contributed by atoms with Crippen molar-refractivity contribution >= 4 is 32.6 Å². The van der Waals surface area contributed by atoms with E-state index in [1.165, 1.54) is 11.3 Å². The quantitative estimate of drug-likeness (QED) is 0.769. The van der Waals surface area contributed by atoms with E-state index in [4.69, 9.17) is 9.47 Å². The third-order valence-corrected chi connectivity index (χ3v) is 4.38. The number of hydrogen-bond acceptors (Lipinski definition) is 5. The molecule has 5 nitrogen and oxygen atoms in total. The van der Waals surface area contributed by atoms with E-state index in [9.17, 15) is 13.6 Å². The molecule has 0 aliphatic carbocycles. The fourth-order valence-electron chi connectivity index (χ4n) is 2.36. The molecule has 0 radical (unpaired) electrons. The minimum absolute atomic E-state index is 0.249. The number of thiazole rings is 1. The van der Waals surface area contributed by atoms with E-state index in [0.717, 1.165) is 16.8 Å². The lowest BCUT2D eigenvalue weighted by atomic mass is 10.2. The molecular weight excluding hydrogens is 338 g/mol. The van der Waals surface area contributed by atoms with Gasteiger partial charge in [0.1, 0.15) is 24.8 Å². The molecule has 24 heavy (non-hydrogen) atoms. The van der Waals surface area contributed by atoms with Crippen molar-refractivity contribution < 1.29 is 23.0 Å². The number of rotatable bonds is 2. The first-order valence-electron chi connectivity index (χ1n) is 7.07. The first kappa shape index (κ1) is 14.8. The summed E-state index contributed by atoms with van der Waals surface area (Å²) in [6.07, 6.45) is 0. The van der Waals surface area contributed by atoms with Crippen LogP contribution in [0.2, 0.25) is 0 Å². The molecule has 8 heteroatoms. The highest BCUT2D eigenvalue weighted by Crippen LogP contribution is 2.37. The van der Waals surface area contributed by atoms with Crippen molar-refractivity contribution in [2.75, 3.05) is 18.5 Å². The average molecular weight is 348 g/mol. The molecule has 0 spiro atoms. The van der Waals surface area contributed by atoms with Crippen molar-refractivity contribution in [2.45, 2.75) is 0 Å². The maximum Gasteiger partial charge on any atom is 0.260 e. The van der Waals surface area contributed by atoms with Crippen molar-refractivity contribution in [3.05, 3.63) is 47.5 Å². The van der Waals surface area contributed by atoms with Crippen LogP contribution in [0.3, 0.4) is 0 Å². The van der Waals surface area contributed by atoms with E-state index >= 15 is 0 Å². The van der Waals surface area contributed by atoms with Gasteiger partial charge in [0.15, 0.2) is 16.6 Å². The van der Waals surface area contributed by atoms with Crippen molar-refractivity contribution in [3.8, 4) is 11.5 Å². The molecule has 0 saturated heterocycles. The molecule has 0 bridgehead atoms. The third-order valence-electron chi connectivity index (χ3n) is 3.45. The molecule has 0 fully saturated rings. The fourth-order valence-corrected chi connectivity index (χ4v) is 3.23. The average Bonchev–Trinajstić information content (AvgIpc) is 2.93. The number of carbonyl (C=O) groups is 1. The van der Waals surface area contributed by atoms with E-state index in [-0.39, 0.29) is 5.56 Å². The predicted octanol–water partition coefficient (Wildman–Crippen LogP) is 3.60. The summed E-state index contributed by atoms with van der Waals surface area (Å²) in [6, 6.07) is 6.30. The number of halogens is 2. The number of carbonyl (C=O) groups excluding carboxylic acids is 1. The minimum Gasteiger partial charge on any atom is -0.486 e. The van der Waals surface area contributed by atoms with Gasteiger partial charge in [0.05, 0.1) is 15.8 Å². The zero-order valence-corrected chi connectivity index (χ0v) is 13.0. The van der Waals surface area contributed by atoms with Crippen molar-refractivity contribution in [1.82, 2.24) is 4.98 Å². The summed E-state index contributed by atoms with van der Waals surface area (Å²) < 4.78 is 38.4. The summed E-state index contributed by atoms with van der Waals surface area (Å²) in [5.41, 5.74) is 0.390. The normalized spacial score (nSPS) is 13.1. The van der Waals surface area contributed by atoms with E-state index in [2.05, 4.69) is 10.3 Å². The number of benzene rings is 2. The van der Waals surface area contributed by atoms with Crippen LogP contribution in [0.5, 0.6) is 11.5 Å². The first-order chi connectivity index (χ1) is 11.6. The topological polar surface area (TPSA) is 60.5 Å². The van der Waals surface area contributed by atoms with Crippen LogP contribution in [0.25, 0.3) is 10.2 Å². The molecule has 1 aliphatic heterocycles. The third kappa shape index (κ3) is 2.65. The second kappa shape index (κ2) is 5.72. The Bertz CT molecular complexity index is 915. The van der Waals surface area contributed by atoms with Gasteiger partial charge in [0, 0.05) is 18.2 Å². The molecule has 1 amide bonds. The largest absolute Gasteiger partial charge is 0.486 e. The minimum atomic E-state index is -0.925. The Morgan fingerprint density at radius 2 is 1.88 bits per heavy atom. The van der Waals surface area contributed by atoms with Gasteiger partial charge < -0.3 is 9.47 Å². The number of nitrogens with zero attached hydrogens (tertiary/aromatic N) is 1. The Balaban J connectivity index is 1.63. The molecular formula is C16H10F2N2O3S.